The van der Waals surface area contributed by atoms with Gasteiger partial charge in [0.25, 0.3) is 0 Å². The van der Waals surface area contributed by atoms with Crippen molar-refractivity contribution in [2.45, 2.75) is 32.4 Å². The molecule has 1 aliphatic heterocycles. The molecule has 0 radical (unpaired) electrons. The number of thiocarbonyl (C=S) groups is 1. The van der Waals surface area contributed by atoms with Gasteiger partial charge in [0.15, 0.2) is 5.11 Å². The molecular formula is C37H33N5OS. The van der Waals surface area contributed by atoms with Crippen LogP contribution in [0.15, 0.2) is 115 Å². The van der Waals surface area contributed by atoms with Gasteiger partial charge in [0.2, 0.25) is 5.91 Å². The maximum Gasteiger partial charge on any atom is 0.226 e. The Bertz CT molecular complexity index is 2010. The first-order chi connectivity index (χ1) is 21.5. The summed E-state index contributed by atoms with van der Waals surface area (Å²) in [5.41, 5.74) is 6.32. The lowest BCUT2D eigenvalue weighted by atomic mass is 9.96. The van der Waals surface area contributed by atoms with Gasteiger partial charge in [-0.05, 0) is 72.7 Å². The second-order valence-electron chi connectivity index (χ2n) is 11.3. The molecule has 0 unspecified atom stereocenters. The molecule has 2 N–H and O–H groups in total. The fourth-order valence-corrected chi connectivity index (χ4v) is 6.95. The average molecular weight is 596 g/mol. The van der Waals surface area contributed by atoms with Crippen LogP contribution in [0.1, 0.15) is 41.1 Å². The van der Waals surface area contributed by atoms with Crippen molar-refractivity contribution < 1.29 is 4.79 Å². The molecule has 1 fully saturated rings. The predicted molar refractivity (Wildman–Crippen MR) is 182 cm³/mol. The van der Waals surface area contributed by atoms with Gasteiger partial charge in [-0.15, -0.1) is 0 Å². The topological polar surface area (TPSA) is 62.2 Å². The zero-order chi connectivity index (χ0) is 30.2. The highest BCUT2D eigenvalue weighted by Crippen LogP contribution is 2.42. The van der Waals surface area contributed by atoms with Crippen LogP contribution in [-0.2, 0) is 4.79 Å². The standard InChI is InChI=1S/C37H33N5OS/c1-24-23-30(25(2)42(24)33-19-10-14-27-12-4-6-16-29(27)33)36-35(32-17-7-8-21-38-32)40-37(44)41(36)22-20-34(43)39-31-18-9-13-26-11-3-5-15-28(26)31/h3-19,21,23,35-36H,20,22H2,1-2H3,(H,39,43)(H,40,44)/t35-,36-/m0/s1. The van der Waals surface area contributed by atoms with Crippen molar-refractivity contribution in [2.75, 3.05) is 11.9 Å². The molecule has 0 spiro atoms. The van der Waals surface area contributed by atoms with Gasteiger partial charge < -0.3 is 20.1 Å². The highest BCUT2D eigenvalue weighted by molar-refractivity contribution is 7.80. The van der Waals surface area contributed by atoms with Crippen molar-refractivity contribution in [3.8, 4) is 5.69 Å². The number of nitrogens with zero attached hydrogens (tertiary/aromatic N) is 3. The molecular weight excluding hydrogens is 563 g/mol. The third-order valence-corrected chi connectivity index (χ3v) is 8.99. The summed E-state index contributed by atoms with van der Waals surface area (Å²) in [7, 11) is 0. The van der Waals surface area contributed by atoms with Gasteiger partial charge in [0.05, 0.1) is 23.5 Å². The number of carbonyl (C=O) groups excluding carboxylic acids is 1. The second-order valence-corrected chi connectivity index (χ2v) is 11.7. The van der Waals surface area contributed by atoms with Gasteiger partial charge >= 0.3 is 0 Å². The molecule has 1 amide bonds. The Morgan fingerprint density at radius 2 is 1.55 bits per heavy atom. The number of pyridine rings is 1. The SMILES string of the molecule is Cc1cc([C@H]2[C@H](c3ccccn3)NC(=S)N2CCC(=O)Nc2cccc3ccccc23)c(C)n1-c1cccc2ccccc12. The third kappa shape index (κ3) is 4.99. The van der Waals surface area contributed by atoms with Crippen LogP contribution in [-0.4, -0.2) is 32.0 Å². The molecule has 0 bridgehead atoms. The normalized spacial score (nSPS) is 16.4. The number of carbonyl (C=O) groups is 1. The number of aromatic nitrogens is 2. The predicted octanol–water partition coefficient (Wildman–Crippen LogP) is 7.80. The van der Waals surface area contributed by atoms with E-state index in [-0.39, 0.29) is 18.0 Å². The molecule has 0 aliphatic carbocycles. The fraction of sp³-hybridized carbons (Fsp3) is 0.162. The quantitative estimate of drug-likeness (QED) is 0.185. The van der Waals surface area contributed by atoms with E-state index in [1.54, 1.807) is 0 Å². The second kappa shape index (κ2) is 11.6. The van der Waals surface area contributed by atoms with Crippen molar-refractivity contribution in [2.24, 2.45) is 0 Å². The van der Waals surface area contributed by atoms with Crippen molar-refractivity contribution in [3.63, 3.8) is 0 Å². The number of nitrogens with one attached hydrogen (secondary N) is 2. The number of aryl methyl sites for hydroxylation is 1. The summed E-state index contributed by atoms with van der Waals surface area (Å²) in [6, 6.07) is 36.9. The van der Waals surface area contributed by atoms with Gasteiger partial charge in [0.1, 0.15) is 0 Å². The Kier molecular flexibility index (Phi) is 7.32. The molecule has 0 saturated carbocycles. The summed E-state index contributed by atoms with van der Waals surface area (Å²) in [6.45, 7) is 4.79. The zero-order valence-electron chi connectivity index (χ0n) is 24.7. The van der Waals surface area contributed by atoms with E-state index in [1.165, 1.54) is 10.8 Å². The molecule has 6 aromatic rings. The Hall–Kier alpha value is -5.01. The molecule has 6 nitrogen and oxygen atoms in total. The Morgan fingerprint density at radius 3 is 2.32 bits per heavy atom. The van der Waals surface area contributed by atoms with Gasteiger partial charge in [-0.2, -0.15) is 0 Å². The highest BCUT2D eigenvalue weighted by atomic mass is 32.1. The number of benzene rings is 4. The first kappa shape index (κ1) is 27.8. The van der Waals surface area contributed by atoms with E-state index in [0.717, 1.165) is 44.8 Å². The number of anilines is 1. The number of rotatable bonds is 7. The Balaban J connectivity index is 1.23. The smallest absolute Gasteiger partial charge is 0.226 e. The molecule has 2 aromatic heterocycles. The van der Waals surface area contributed by atoms with Crippen molar-refractivity contribution in [1.29, 1.82) is 0 Å². The van der Waals surface area contributed by atoms with Crippen molar-refractivity contribution in [3.05, 3.63) is 138 Å². The fourth-order valence-electron chi connectivity index (χ4n) is 6.61. The molecule has 1 saturated heterocycles. The summed E-state index contributed by atoms with van der Waals surface area (Å²) in [6.07, 6.45) is 2.11. The van der Waals surface area contributed by atoms with Crippen LogP contribution >= 0.6 is 12.2 Å². The Morgan fingerprint density at radius 1 is 0.864 bits per heavy atom. The molecule has 2 atom stereocenters. The third-order valence-electron chi connectivity index (χ3n) is 8.64. The molecule has 7 heteroatoms. The number of hydrogen-bond acceptors (Lipinski definition) is 3. The van der Waals surface area contributed by atoms with Crippen LogP contribution in [0.3, 0.4) is 0 Å². The van der Waals surface area contributed by atoms with E-state index >= 15 is 0 Å². The zero-order valence-corrected chi connectivity index (χ0v) is 25.5. The maximum atomic E-state index is 13.3. The minimum absolute atomic E-state index is 0.0505. The lowest BCUT2D eigenvalue weighted by Crippen LogP contribution is -2.33. The Labute approximate surface area is 262 Å². The van der Waals surface area contributed by atoms with Gasteiger partial charge in [0, 0.05) is 47.0 Å². The molecule has 7 rings (SSSR count). The summed E-state index contributed by atoms with van der Waals surface area (Å²) in [5, 5.41) is 11.8. The molecule has 1 aliphatic rings. The van der Waals surface area contributed by atoms with Crippen LogP contribution in [0.2, 0.25) is 0 Å². The van der Waals surface area contributed by atoms with Crippen molar-refractivity contribution in [1.82, 2.24) is 19.8 Å². The lowest BCUT2D eigenvalue weighted by molar-refractivity contribution is -0.116. The average Bonchev–Trinajstić information content (AvgIpc) is 3.54. The summed E-state index contributed by atoms with van der Waals surface area (Å²) in [5.74, 6) is -0.0505. The van der Waals surface area contributed by atoms with Gasteiger partial charge in [-0.1, -0.05) is 78.9 Å². The van der Waals surface area contributed by atoms with Crippen molar-refractivity contribution >= 4 is 50.5 Å². The number of amides is 1. The highest BCUT2D eigenvalue weighted by Gasteiger charge is 2.41. The summed E-state index contributed by atoms with van der Waals surface area (Å²) < 4.78 is 2.33. The van der Waals surface area contributed by atoms with Crippen LogP contribution in [0.4, 0.5) is 5.69 Å². The minimum Gasteiger partial charge on any atom is -0.352 e. The number of fused-ring (bicyclic) bond motifs is 2. The van der Waals surface area contributed by atoms with Crippen LogP contribution in [0, 0.1) is 13.8 Å². The van der Waals surface area contributed by atoms with Crippen LogP contribution in [0.5, 0.6) is 0 Å². The summed E-state index contributed by atoms with van der Waals surface area (Å²) >= 11 is 5.93. The van der Waals surface area contributed by atoms with E-state index in [4.69, 9.17) is 17.2 Å². The minimum atomic E-state index is -0.161. The molecule has 4 aromatic carbocycles. The van der Waals surface area contributed by atoms with Crippen LogP contribution < -0.4 is 10.6 Å². The largest absolute Gasteiger partial charge is 0.352 e. The monoisotopic (exact) mass is 595 g/mol. The summed E-state index contributed by atoms with van der Waals surface area (Å²) in [4.78, 5) is 20.2. The van der Waals surface area contributed by atoms with E-state index in [9.17, 15) is 4.79 Å². The first-order valence-corrected chi connectivity index (χ1v) is 15.3. The van der Waals surface area contributed by atoms with E-state index in [1.807, 2.05) is 54.7 Å². The number of hydrogen-bond donors (Lipinski definition) is 2. The lowest BCUT2D eigenvalue weighted by Gasteiger charge is -2.28. The van der Waals surface area contributed by atoms with Gasteiger partial charge in [-0.25, -0.2) is 0 Å². The van der Waals surface area contributed by atoms with E-state index in [2.05, 4.69) is 94.6 Å². The molecule has 44 heavy (non-hydrogen) atoms. The van der Waals surface area contributed by atoms with Crippen LogP contribution in [0.25, 0.3) is 27.2 Å². The first-order valence-electron chi connectivity index (χ1n) is 14.9. The maximum absolute atomic E-state index is 13.3. The van der Waals surface area contributed by atoms with E-state index < -0.39 is 0 Å². The van der Waals surface area contributed by atoms with Gasteiger partial charge in [-0.3, -0.25) is 9.78 Å². The molecule has 218 valence electrons. The van der Waals surface area contributed by atoms with E-state index in [0.29, 0.717) is 18.1 Å². The molecule has 3 heterocycles.